The quantitative estimate of drug-likeness (QED) is 0.831. The van der Waals surface area contributed by atoms with Crippen molar-refractivity contribution in [2.45, 2.75) is 13.8 Å². The SMILES string of the molecule is CCOc1ccc(P(O)c2ccc(OCC)cc2)cc1. The van der Waals surface area contributed by atoms with E-state index >= 15 is 0 Å². The van der Waals surface area contributed by atoms with Crippen LogP contribution in [0.15, 0.2) is 48.5 Å². The van der Waals surface area contributed by atoms with Crippen molar-refractivity contribution < 1.29 is 14.4 Å². The Bertz CT molecular complexity index is 473. The molecule has 0 radical (unpaired) electrons. The molecule has 0 aliphatic rings. The van der Waals surface area contributed by atoms with E-state index in [-0.39, 0.29) is 0 Å². The largest absolute Gasteiger partial charge is 0.494 e. The Morgan fingerprint density at radius 1 is 0.750 bits per heavy atom. The lowest BCUT2D eigenvalue weighted by Crippen LogP contribution is -2.11. The van der Waals surface area contributed by atoms with Crippen LogP contribution in [0.4, 0.5) is 0 Å². The predicted octanol–water partition coefficient (Wildman–Crippen LogP) is 2.82. The molecule has 0 atom stereocenters. The van der Waals surface area contributed by atoms with Gasteiger partial charge in [0.25, 0.3) is 0 Å². The number of benzene rings is 2. The molecule has 0 saturated carbocycles. The monoisotopic (exact) mass is 290 g/mol. The van der Waals surface area contributed by atoms with Crippen LogP contribution in [0.3, 0.4) is 0 Å². The van der Waals surface area contributed by atoms with Crippen molar-refractivity contribution >= 4 is 18.8 Å². The fraction of sp³-hybridized carbons (Fsp3) is 0.250. The topological polar surface area (TPSA) is 38.7 Å². The second kappa shape index (κ2) is 7.28. The van der Waals surface area contributed by atoms with E-state index in [0.717, 1.165) is 22.1 Å². The van der Waals surface area contributed by atoms with Crippen molar-refractivity contribution in [1.82, 2.24) is 0 Å². The van der Waals surface area contributed by atoms with Gasteiger partial charge >= 0.3 is 0 Å². The van der Waals surface area contributed by atoms with Crippen LogP contribution in [0.2, 0.25) is 0 Å². The first-order valence-electron chi connectivity index (χ1n) is 6.69. The molecule has 2 rings (SSSR count). The molecule has 2 aromatic rings. The van der Waals surface area contributed by atoms with E-state index in [1.807, 2.05) is 62.4 Å². The van der Waals surface area contributed by atoms with Crippen LogP contribution in [0.25, 0.3) is 0 Å². The molecule has 3 nitrogen and oxygen atoms in total. The van der Waals surface area contributed by atoms with Gasteiger partial charge in [0.2, 0.25) is 0 Å². The van der Waals surface area contributed by atoms with Crippen LogP contribution >= 0.6 is 8.15 Å². The number of hydrogen-bond donors (Lipinski definition) is 1. The lowest BCUT2D eigenvalue weighted by molar-refractivity contribution is 0.340. The summed E-state index contributed by atoms with van der Waals surface area (Å²) in [6.07, 6.45) is 0. The Balaban J connectivity index is 2.11. The first-order valence-corrected chi connectivity index (χ1v) is 7.98. The van der Waals surface area contributed by atoms with Crippen LogP contribution in [0.5, 0.6) is 11.5 Å². The molecule has 0 aliphatic carbocycles. The summed E-state index contributed by atoms with van der Waals surface area (Å²) in [5.74, 6) is 1.65. The van der Waals surface area contributed by atoms with Crippen molar-refractivity contribution in [2.24, 2.45) is 0 Å². The molecule has 0 saturated heterocycles. The molecule has 0 unspecified atom stereocenters. The lowest BCUT2D eigenvalue weighted by Gasteiger charge is -2.12. The maximum Gasteiger partial charge on any atom is 0.119 e. The van der Waals surface area contributed by atoms with Crippen LogP contribution < -0.4 is 20.1 Å². The second-order valence-corrected chi connectivity index (χ2v) is 5.82. The van der Waals surface area contributed by atoms with Gasteiger partial charge in [0.05, 0.1) is 21.4 Å². The van der Waals surface area contributed by atoms with E-state index in [1.54, 1.807) is 0 Å². The van der Waals surface area contributed by atoms with E-state index in [9.17, 15) is 4.89 Å². The molecule has 0 fully saturated rings. The summed E-state index contributed by atoms with van der Waals surface area (Å²) in [6, 6.07) is 15.2. The normalized spacial score (nSPS) is 10.6. The van der Waals surface area contributed by atoms with Gasteiger partial charge in [0.15, 0.2) is 0 Å². The van der Waals surface area contributed by atoms with E-state index in [0.29, 0.717) is 13.2 Å². The molecular weight excluding hydrogens is 271 g/mol. The zero-order valence-corrected chi connectivity index (χ0v) is 12.6. The highest BCUT2D eigenvalue weighted by atomic mass is 31.1. The molecule has 0 aliphatic heterocycles. The fourth-order valence-electron chi connectivity index (χ4n) is 1.85. The van der Waals surface area contributed by atoms with Gasteiger partial charge in [0.1, 0.15) is 11.5 Å². The van der Waals surface area contributed by atoms with Gasteiger partial charge < -0.3 is 14.4 Å². The maximum absolute atomic E-state index is 10.4. The molecule has 0 bridgehead atoms. The molecule has 2 aromatic carbocycles. The first-order chi connectivity index (χ1) is 9.74. The second-order valence-electron chi connectivity index (χ2n) is 4.17. The molecular formula is C16H19O3P. The summed E-state index contributed by atoms with van der Waals surface area (Å²) in [5, 5.41) is 1.82. The Morgan fingerprint density at radius 3 is 1.40 bits per heavy atom. The van der Waals surface area contributed by atoms with Gasteiger partial charge in [-0.05, 0) is 62.4 Å². The number of rotatable bonds is 6. The summed E-state index contributed by atoms with van der Waals surface area (Å²) in [4.78, 5) is 10.4. The summed E-state index contributed by atoms with van der Waals surface area (Å²) >= 11 is 0. The smallest absolute Gasteiger partial charge is 0.119 e. The molecule has 20 heavy (non-hydrogen) atoms. The average molecular weight is 290 g/mol. The third-order valence-corrected chi connectivity index (χ3v) is 4.36. The third kappa shape index (κ3) is 3.72. The first kappa shape index (κ1) is 14.8. The third-order valence-electron chi connectivity index (χ3n) is 2.78. The van der Waals surface area contributed by atoms with Crippen LogP contribution in [0.1, 0.15) is 13.8 Å². The Labute approximate surface area is 121 Å². The maximum atomic E-state index is 10.4. The van der Waals surface area contributed by atoms with E-state index in [4.69, 9.17) is 9.47 Å². The summed E-state index contributed by atoms with van der Waals surface area (Å²) in [6.45, 7) is 5.19. The van der Waals surface area contributed by atoms with Crippen LogP contribution in [-0.2, 0) is 0 Å². The van der Waals surface area contributed by atoms with Crippen molar-refractivity contribution in [1.29, 1.82) is 0 Å². The van der Waals surface area contributed by atoms with Gasteiger partial charge in [-0.1, -0.05) is 0 Å². The lowest BCUT2D eigenvalue weighted by atomic mass is 10.3. The van der Waals surface area contributed by atoms with Crippen molar-refractivity contribution in [3.8, 4) is 11.5 Å². The molecule has 0 amide bonds. The van der Waals surface area contributed by atoms with Gasteiger partial charge in [-0.2, -0.15) is 0 Å². The highest BCUT2D eigenvalue weighted by molar-refractivity contribution is 7.67. The Hall–Kier alpha value is -1.57. The highest BCUT2D eigenvalue weighted by Crippen LogP contribution is 2.29. The van der Waals surface area contributed by atoms with Gasteiger partial charge in [-0.15, -0.1) is 0 Å². The van der Waals surface area contributed by atoms with E-state index in [2.05, 4.69) is 0 Å². The number of hydrogen-bond acceptors (Lipinski definition) is 3. The van der Waals surface area contributed by atoms with Crippen LogP contribution in [-0.4, -0.2) is 18.1 Å². The fourth-order valence-corrected chi connectivity index (χ4v) is 3.01. The van der Waals surface area contributed by atoms with Gasteiger partial charge in [-0.3, -0.25) is 0 Å². The molecule has 0 aromatic heterocycles. The molecule has 106 valence electrons. The van der Waals surface area contributed by atoms with Crippen LogP contribution in [0, 0.1) is 0 Å². The predicted molar refractivity (Wildman–Crippen MR) is 83.6 cm³/mol. The van der Waals surface area contributed by atoms with Gasteiger partial charge in [0, 0.05) is 10.6 Å². The van der Waals surface area contributed by atoms with Crippen molar-refractivity contribution in [2.75, 3.05) is 13.2 Å². The zero-order valence-electron chi connectivity index (χ0n) is 11.7. The molecule has 0 spiro atoms. The Kier molecular flexibility index (Phi) is 5.40. The molecule has 0 heterocycles. The minimum atomic E-state index is -1.33. The van der Waals surface area contributed by atoms with Crippen molar-refractivity contribution in [3.63, 3.8) is 0 Å². The minimum absolute atomic E-state index is 0.645. The summed E-state index contributed by atoms with van der Waals surface area (Å²) < 4.78 is 10.8. The summed E-state index contributed by atoms with van der Waals surface area (Å²) in [5.41, 5.74) is 0. The minimum Gasteiger partial charge on any atom is -0.494 e. The van der Waals surface area contributed by atoms with Gasteiger partial charge in [-0.25, -0.2) is 0 Å². The Morgan fingerprint density at radius 2 is 1.10 bits per heavy atom. The van der Waals surface area contributed by atoms with E-state index < -0.39 is 8.15 Å². The number of ether oxygens (including phenoxy) is 2. The highest BCUT2D eigenvalue weighted by Gasteiger charge is 2.11. The summed E-state index contributed by atoms with van der Waals surface area (Å²) in [7, 11) is -1.33. The van der Waals surface area contributed by atoms with E-state index in [1.165, 1.54) is 0 Å². The molecule has 4 heteroatoms. The zero-order chi connectivity index (χ0) is 14.4. The van der Waals surface area contributed by atoms with Crippen molar-refractivity contribution in [3.05, 3.63) is 48.5 Å². The molecule has 1 N–H and O–H groups in total. The average Bonchev–Trinajstić information content (AvgIpc) is 2.49. The standard InChI is InChI=1S/C16H19O3P/c1-3-18-13-5-9-15(10-6-13)20(17)16-11-7-14(8-12-16)19-4-2/h5-12,17H,3-4H2,1-2H3.